The number of hydrogen-bond acceptors (Lipinski definition) is 3. The van der Waals surface area contributed by atoms with Gasteiger partial charge < -0.3 is 9.84 Å². The summed E-state index contributed by atoms with van der Waals surface area (Å²) in [5, 5.41) is 7.74. The van der Waals surface area contributed by atoms with E-state index >= 15 is 0 Å². The number of amides is 1. The fourth-order valence-electron chi connectivity index (χ4n) is 2.12. The third kappa shape index (κ3) is 2.89. The molecule has 0 aliphatic heterocycles. The molecule has 1 aliphatic rings. The Bertz CT molecular complexity index is 592. The molecular weight excluding hydrogens is 264 g/mol. The topological polar surface area (TPSA) is 55.1 Å². The van der Waals surface area contributed by atoms with Crippen molar-refractivity contribution in [1.29, 1.82) is 0 Å². The summed E-state index contributed by atoms with van der Waals surface area (Å²) in [4.78, 5) is 11.9. The Balaban J connectivity index is 1.59. The van der Waals surface area contributed by atoms with Crippen LogP contribution in [0.4, 0.5) is 0 Å². The summed E-state index contributed by atoms with van der Waals surface area (Å²) in [5.41, 5.74) is 1.38. The molecule has 1 N–H and O–H groups in total. The van der Waals surface area contributed by atoms with Gasteiger partial charge >= 0.3 is 0 Å². The van der Waals surface area contributed by atoms with E-state index < -0.39 is 0 Å². The van der Waals surface area contributed by atoms with E-state index in [1.54, 1.807) is 0 Å². The van der Waals surface area contributed by atoms with Crippen LogP contribution in [0.15, 0.2) is 28.8 Å². The first-order chi connectivity index (χ1) is 9.24. The maximum Gasteiger partial charge on any atom is 0.226 e. The third-order valence-corrected chi connectivity index (χ3v) is 3.92. The molecule has 0 saturated heterocycles. The highest BCUT2D eigenvalue weighted by Crippen LogP contribution is 2.35. The van der Waals surface area contributed by atoms with Gasteiger partial charge in [0.15, 0.2) is 5.58 Å². The maximum atomic E-state index is 11.9. The number of alkyl halides is 1. The second kappa shape index (κ2) is 5.21. The van der Waals surface area contributed by atoms with Gasteiger partial charge in [0.25, 0.3) is 0 Å². The molecule has 0 radical (unpaired) electrons. The summed E-state index contributed by atoms with van der Waals surface area (Å²) in [6, 6.07) is 7.53. The molecule has 1 saturated carbocycles. The SMILES string of the molecule is O=C(Cc1noc2ccccc12)NCC(Cl)C1CC1. The largest absolute Gasteiger partial charge is 0.356 e. The number of aromatic nitrogens is 1. The number of rotatable bonds is 5. The van der Waals surface area contributed by atoms with Crippen molar-refractivity contribution in [3.05, 3.63) is 30.0 Å². The van der Waals surface area contributed by atoms with Crippen molar-refractivity contribution in [2.45, 2.75) is 24.6 Å². The summed E-state index contributed by atoms with van der Waals surface area (Å²) >= 11 is 6.15. The van der Waals surface area contributed by atoms with Crippen molar-refractivity contribution >= 4 is 28.5 Å². The van der Waals surface area contributed by atoms with E-state index in [4.69, 9.17) is 16.1 Å². The minimum atomic E-state index is -0.0645. The third-order valence-electron chi connectivity index (χ3n) is 3.41. The predicted molar refractivity (Wildman–Crippen MR) is 73.1 cm³/mol. The number of nitrogens with zero attached hydrogens (tertiary/aromatic N) is 1. The van der Waals surface area contributed by atoms with Gasteiger partial charge in [-0.25, -0.2) is 0 Å². The first-order valence-corrected chi connectivity index (χ1v) is 6.92. The smallest absolute Gasteiger partial charge is 0.226 e. The zero-order chi connectivity index (χ0) is 13.2. The number of benzene rings is 1. The quantitative estimate of drug-likeness (QED) is 0.855. The van der Waals surface area contributed by atoms with Gasteiger partial charge in [-0.2, -0.15) is 0 Å². The van der Waals surface area contributed by atoms with Crippen LogP contribution < -0.4 is 5.32 Å². The Morgan fingerprint density at radius 1 is 1.47 bits per heavy atom. The normalized spacial score (nSPS) is 16.5. The summed E-state index contributed by atoms with van der Waals surface area (Å²) in [7, 11) is 0. The second-order valence-corrected chi connectivity index (χ2v) is 5.52. The Morgan fingerprint density at radius 2 is 2.26 bits per heavy atom. The molecule has 1 atom stereocenters. The van der Waals surface area contributed by atoms with Crippen molar-refractivity contribution < 1.29 is 9.32 Å². The molecule has 1 aliphatic carbocycles. The summed E-state index contributed by atoms with van der Waals surface area (Å²) in [5.74, 6) is 0.514. The Kier molecular flexibility index (Phi) is 3.42. The van der Waals surface area contributed by atoms with E-state index in [1.807, 2.05) is 24.3 Å². The number of para-hydroxylation sites is 1. The van der Waals surface area contributed by atoms with E-state index in [0.717, 1.165) is 5.39 Å². The molecule has 0 spiro atoms. The first-order valence-electron chi connectivity index (χ1n) is 6.48. The monoisotopic (exact) mass is 278 g/mol. The molecule has 4 nitrogen and oxygen atoms in total. The van der Waals surface area contributed by atoms with Crippen molar-refractivity contribution in [1.82, 2.24) is 10.5 Å². The molecule has 0 bridgehead atoms. The summed E-state index contributed by atoms with van der Waals surface area (Å²) in [6.45, 7) is 0.529. The van der Waals surface area contributed by atoms with Gasteiger partial charge in [0, 0.05) is 11.9 Å². The summed E-state index contributed by atoms with van der Waals surface area (Å²) < 4.78 is 5.17. The van der Waals surface area contributed by atoms with Crippen LogP contribution in [0.1, 0.15) is 18.5 Å². The highest BCUT2D eigenvalue weighted by molar-refractivity contribution is 6.21. The molecule has 100 valence electrons. The highest BCUT2D eigenvalue weighted by atomic mass is 35.5. The lowest BCUT2D eigenvalue weighted by atomic mass is 10.1. The predicted octanol–water partition coefficient (Wildman–Crippen LogP) is 2.50. The molecule has 2 aromatic rings. The van der Waals surface area contributed by atoms with Crippen molar-refractivity contribution in [2.24, 2.45) is 5.92 Å². The second-order valence-electron chi connectivity index (χ2n) is 4.96. The van der Waals surface area contributed by atoms with Gasteiger partial charge in [-0.05, 0) is 30.9 Å². The lowest BCUT2D eigenvalue weighted by Gasteiger charge is -2.08. The fourth-order valence-corrected chi connectivity index (χ4v) is 2.45. The Hall–Kier alpha value is -1.55. The van der Waals surface area contributed by atoms with Crippen LogP contribution in [-0.2, 0) is 11.2 Å². The zero-order valence-electron chi connectivity index (χ0n) is 10.4. The van der Waals surface area contributed by atoms with Crippen LogP contribution >= 0.6 is 11.6 Å². The van der Waals surface area contributed by atoms with E-state index in [2.05, 4.69) is 10.5 Å². The average Bonchev–Trinajstić information content (AvgIpc) is 3.20. The van der Waals surface area contributed by atoms with Crippen LogP contribution in [-0.4, -0.2) is 23.0 Å². The van der Waals surface area contributed by atoms with E-state index in [-0.39, 0.29) is 17.7 Å². The molecule has 1 unspecified atom stereocenters. The Morgan fingerprint density at radius 3 is 3.05 bits per heavy atom. The standard InChI is InChI=1S/C14H15ClN2O2/c15-11(9-5-6-9)8-16-14(18)7-12-10-3-1-2-4-13(10)19-17-12/h1-4,9,11H,5-8H2,(H,16,18). The maximum absolute atomic E-state index is 11.9. The van der Waals surface area contributed by atoms with Crippen LogP contribution in [0.5, 0.6) is 0 Å². The van der Waals surface area contributed by atoms with Crippen molar-refractivity contribution in [3.8, 4) is 0 Å². The van der Waals surface area contributed by atoms with E-state index in [0.29, 0.717) is 23.7 Å². The summed E-state index contributed by atoms with van der Waals surface area (Å²) in [6.07, 6.45) is 2.58. The molecule has 1 heterocycles. The van der Waals surface area contributed by atoms with Crippen LogP contribution in [0.2, 0.25) is 0 Å². The number of hydrogen-bond donors (Lipinski definition) is 1. The van der Waals surface area contributed by atoms with Crippen molar-refractivity contribution in [3.63, 3.8) is 0 Å². The number of nitrogens with one attached hydrogen (secondary N) is 1. The lowest BCUT2D eigenvalue weighted by molar-refractivity contribution is -0.120. The average molecular weight is 279 g/mol. The van der Waals surface area contributed by atoms with Crippen LogP contribution in [0.3, 0.4) is 0 Å². The number of fused-ring (bicyclic) bond motifs is 1. The molecular formula is C14H15ClN2O2. The fraction of sp³-hybridized carbons (Fsp3) is 0.429. The number of halogens is 1. The van der Waals surface area contributed by atoms with Crippen LogP contribution in [0.25, 0.3) is 11.0 Å². The van der Waals surface area contributed by atoms with Gasteiger partial charge in [0.2, 0.25) is 5.91 Å². The zero-order valence-corrected chi connectivity index (χ0v) is 11.2. The van der Waals surface area contributed by atoms with E-state index in [1.165, 1.54) is 12.8 Å². The molecule has 1 fully saturated rings. The van der Waals surface area contributed by atoms with Gasteiger partial charge in [0.1, 0.15) is 5.69 Å². The molecule has 5 heteroatoms. The number of carbonyl (C=O) groups excluding carboxylic acids is 1. The molecule has 3 rings (SSSR count). The highest BCUT2D eigenvalue weighted by Gasteiger charge is 2.29. The van der Waals surface area contributed by atoms with Gasteiger partial charge in [0.05, 0.1) is 11.8 Å². The number of carbonyl (C=O) groups is 1. The molecule has 1 aromatic heterocycles. The van der Waals surface area contributed by atoms with Gasteiger partial charge in [-0.3, -0.25) is 4.79 Å². The Labute approximate surface area is 116 Å². The van der Waals surface area contributed by atoms with Gasteiger partial charge in [-0.1, -0.05) is 17.3 Å². The van der Waals surface area contributed by atoms with Crippen molar-refractivity contribution in [2.75, 3.05) is 6.54 Å². The first kappa shape index (κ1) is 12.5. The van der Waals surface area contributed by atoms with Gasteiger partial charge in [-0.15, -0.1) is 11.6 Å². The minimum absolute atomic E-state index is 0.0537. The molecule has 19 heavy (non-hydrogen) atoms. The van der Waals surface area contributed by atoms with Crippen LogP contribution in [0, 0.1) is 5.92 Å². The molecule has 1 aromatic carbocycles. The van der Waals surface area contributed by atoms with E-state index in [9.17, 15) is 4.79 Å². The lowest BCUT2D eigenvalue weighted by Crippen LogP contribution is -2.31. The minimum Gasteiger partial charge on any atom is -0.356 e. The molecule has 1 amide bonds.